The first-order valence-corrected chi connectivity index (χ1v) is 8.25. The minimum absolute atomic E-state index is 0.00269. The van der Waals surface area contributed by atoms with Gasteiger partial charge in [0, 0.05) is 18.2 Å². The normalized spacial score (nSPS) is 12.2. The maximum absolute atomic E-state index is 12.2. The van der Waals surface area contributed by atoms with Crippen molar-refractivity contribution in [2.24, 2.45) is 0 Å². The molecule has 0 aromatic heterocycles. The van der Waals surface area contributed by atoms with Crippen LogP contribution in [0.1, 0.15) is 24.1 Å². The number of hydrogen-bond acceptors (Lipinski definition) is 3. The molecule has 0 heterocycles. The molecule has 0 aliphatic heterocycles. The van der Waals surface area contributed by atoms with Crippen LogP contribution in [0.2, 0.25) is 0 Å². The molecule has 26 heavy (non-hydrogen) atoms. The van der Waals surface area contributed by atoms with Crippen molar-refractivity contribution < 1.29 is 9.72 Å². The van der Waals surface area contributed by atoms with E-state index in [4.69, 9.17) is 0 Å². The minimum Gasteiger partial charge on any atom is -0.346 e. The first kappa shape index (κ1) is 17.4. The van der Waals surface area contributed by atoms with Crippen molar-refractivity contribution in [3.8, 4) is 0 Å². The first-order valence-electron chi connectivity index (χ1n) is 8.25. The molecule has 130 valence electrons. The van der Waals surface area contributed by atoms with Gasteiger partial charge in [-0.25, -0.2) is 0 Å². The summed E-state index contributed by atoms with van der Waals surface area (Å²) in [6, 6.07) is 20.1. The minimum atomic E-state index is -0.459. The van der Waals surface area contributed by atoms with Gasteiger partial charge in [-0.15, -0.1) is 0 Å². The lowest BCUT2D eigenvalue weighted by Crippen LogP contribution is -2.24. The lowest BCUT2D eigenvalue weighted by Gasteiger charge is -2.13. The smallest absolute Gasteiger partial charge is 0.270 e. The molecule has 3 aromatic carbocycles. The maximum atomic E-state index is 12.2. The Kier molecular flexibility index (Phi) is 5.08. The van der Waals surface area contributed by atoms with Crippen LogP contribution in [0, 0.1) is 10.1 Å². The Hall–Kier alpha value is -3.47. The number of nitrogens with zero attached hydrogens (tertiary/aromatic N) is 1. The number of carbonyl (C=O) groups excluding carboxylic acids is 1. The van der Waals surface area contributed by atoms with Gasteiger partial charge in [0.1, 0.15) is 0 Å². The van der Waals surface area contributed by atoms with Crippen LogP contribution in [-0.4, -0.2) is 10.8 Å². The van der Waals surface area contributed by atoms with E-state index in [0.29, 0.717) is 5.56 Å². The van der Waals surface area contributed by atoms with Gasteiger partial charge < -0.3 is 5.32 Å². The maximum Gasteiger partial charge on any atom is 0.270 e. The van der Waals surface area contributed by atoms with Crippen LogP contribution in [0.4, 0.5) is 5.69 Å². The van der Waals surface area contributed by atoms with Crippen LogP contribution in [0.5, 0.6) is 0 Å². The number of fused-ring (bicyclic) bond motifs is 1. The van der Waals surface area contributed by atoms with Crippen molar-refractivity contribution in [3.05, 3.63) is 94.0 Å². The Morgan fingerprint density at radius 3 is 2.58 bits per heavy atom. The van der Waals surface area contributed by atoms with Gasteiger partial charge in [-0.2, -0.15) is 0 Å². The third-order valence-electron chi connectivity index (χ3n) is 4.14. The second-order valence-corrected chi connectivity index (χ2v) is 6.02. The van der Waals surface area contributed by atoms with E-state index in [1.165, 1.54) is 18.2 Å². The lowest BCUT2D eigenvalue weighted by molar-refractivity contribution is -0.384. The summed E-state index contributed by atoms with van der Waals surface area (Å²) in [5, 5.41) is 16.0. The number of nitro benzene ring substituents is 1. The van der Waals surface area contributed by atoms with Crippen molar-refractivity contribution in [3.63, 3.8) is 0 Å². The number of hydrogen-bond donors (Lipinski definition) is 1. The number of nitro groups is 1. The molecular formula is C21H18N2O3. The van der Waals surface area contributed by atoms with Crippen LogP contribution in [0.3, 0.4) is 0 Å². The quantitative estimate of drug-likeness (QED) is 0.415. The highest BCUT2D eigenvalue weighted by Gasteiger charge is 2.09. The SMILES string of the molecule is C[C@H](NC(=O)C=Cc1cccc([N+](=O)[O-])c1)c1ccc2ccccc2c1. The molecule has 1 amide bonds. The highest BCUT2D eigenvalue weighted by atomic mass is 16.6. The number of carbonyl (C=O) groups is 1. The first-order chi connectivity index (χ1) is 12.5. The average molecular weight is 346 g/mol. The molecule has 0 spiro atoms. The van der Waals surface area contributed by atoms with Gasteiger partial charge in [-0.05, 0) is 41.0 Å². The summed E-state index contributed by atoms with van der Waals surface area (Å²) in [5.41, 5.74) is 1.62. The molecule has 0 radical (unpaired) electrons. The van der Waals surface area contributed by atoms with Gasteiger partial charge in [-0.1, -0.05) is 48.5 Å². The van der Waals surface area contributed by atoms with Gasteiger partial charge in [0.05, 0.1) is 11.0 Å². The third-order valence-corrected chi connectivity index (χ3v) is 4.14. The van der Waals surface area contributed by atoms with E-state index in [0.717, 1.165) is 16.3 Å². The summed E-state index contributed by atoms with van der Waals surface area (Å²) < 4.78 is 0. The highest BCUT2D eigenvalue weighted by Crippen LogP contribution is 2.20. The van der Waals surface area contributed by atoms with E-state index in [1.807, 2.05) is 43.3 Å². The Morgan fingerprint density at radius 1 is 1.04 bits per heavy atom. The summed E-state index contributed by atoms with van der Waals surface area (Å²) in [6.45, 7) is 1.92. The number of nitrogens with one attached hydrogen (secondary N) is 1. The fraction of sp³-hybridized carbons (Fsp3) is 0.0952. The fourth-order valence-corrected chi connectivity index (χ4v) is 2.74. The van der Waals surface area contributed by atoms with Crippen molar-refractivity contribution in [2.45, 2.75) is 13.0 Å². The summed E-state index contributed by atoms with van der Waals surface area (Å²) in [7, 11) is 0. The lowest BCUT2D eigenvalue weighted by atomic mass is 10.0. The molecule has 3 aromatic rings. The molecule has 0 unspecified atom stereocenters. The summed E-state index contributed by atoms with van der Waals surface area (Å²) in [4.78, 5) is 22.5. The molecule has 0 saturated heterocycles. The zero-order valence-electron chi connectivity index (χ0n) is 14.3. The van der Waals surface area contributed by atoms with Gasteiger partial charge in [0.25, 0.3) is 5.69 Å². The average Bonchev–Trinajstić information content (AvgIpc) is 2.66. The Bertz CT molecular complexity index is 995. The fourth-order valence-electron chi connectivity index (χ4n) is 2.74. The molecule has 0 aliphatic rings. The highest BCUT2D eigenvalue weighted by molar-refractivity contribution is 5.92. The van der Waals surface area contributed by atoms with Gasteiger partial charge in [0.15, 0.2) is 0 Å². The van der Waals surface area contributed by atoms with Crippen molar-refractivity contribution in [2.75, 3.05) is 0 Å². The second kappa shape index (κ2) is 7.61. The van der Waals surface area contributed by atoms with E-state index >= 15 is 0 Å². The molecule has 1 atom stereocenters. The standard InChI is InChI=1S/C21H18N2O3/c1-15(18-11-10-17-6-2-3-7-19(17)14-18)22-21(24)12-9-16-5-4-8-20(13-16)23(25)26/h2-15H,1H3,(H,22,24)/t15-/m0/s1. The van der Waals surface area contributed by atoms with Crippen LogP contribution < -0.4 is 5.32 Å². The van der Waals surface area contributed by atoms with E-state index in [2.05, 4.69) is 11.4 Å². The number of amides is 1. The van der Waals surface area contributed by atoms with Crippen LogP contribution in [0.15, 0.2) is 72.8 Å². The van der Waals surface area contributed by atoms with E-state index < -0.39 is 4.92 Å². The number of rotatable bonds is 5. The van der Waals surface area contributed by atoms with Crippen LogP contribution in [-0.2, 0) is 4.79 Å². The summed E-state index contributed by atoms with van der Waals surface area (Å²) in [6.07, 6.45) is 2.95. The topological polar surface area (TPSA) is 72.2 Å². The molecule has 3 rings (SSSR count). The third kappa shape index (κ3) is 4.13. The molecule has 0 fully saturated rings. The Labute approximate surface area is 151 Å². The van der Waals surface area contributed by atoms with Crippen LogP contribution >= 0.6 is 0 Å². The summed E-state index contributed by atoms with van der Waals surface area (Å²) in [5.74, 6) is -0.253. The molecule has 5 nitrogen and oxygen atoms in total. The zero-order chi connectivity index (χ0) is 18.5. The van der Waals surface area contributed by atoms with Gasteiger partial charge in [0.2, 0.25) is 5.91 Å². The van der Waals surface area contributed by atoms with E-state index in [9.17, 15) is 14.9 Å². The van der Waals surface area contributed by atoms with Gasteiger partial charge >= 0.3 is 0 Å². The Balaban J connectivity index is 1.68. The zero-order valence-corrected chi connectivity index (χ0v) is 14.3. The van der Waals surface area contributed by atoms with Crippen LogP contribution in [0.25, 0.3) is 16.8 Å². The largest absolute Gasteiger partial charge is 0.346 e. The number of benzene rings is 3. The molecule has 0 saturated carbocycles. The van der Waals surface area contributed by atoms with Crippen molar-refractivity contribution in [1.29, 1.82) is 0 Å². The van der Waals surface area contributed by atoms with Crippen molar-refractivity contribution in [1.82, 2.24) is 5.32 Å². The summed E-state index contributed by atoms with van der Waals surface area (Å²) >= 11 is 0. The molecule has 0 bridgehead atoms. The molecule has 0 aliphatic carbocycles. The van der Waals surface area contributed by atoms with Crippen molar-refractivity contribution >= 4 is 28.4 Å². The molecule has 1 N–H and O–H groups in total. The predicted molar refractivity (Wildman–Crippen MR) is 103 cm³/mol. The monoisotopic (exact) mass is 346 g/mol. The molecular weight excluding hydrogens is 328 g/mol. The Morgan fingerprint density at radius 2 is 1.81 bits per heavy atom. The van der Waals surface area contributed by atoms with E-state index in [-0.39, 0.29) is 17.6 Å². The second-order valence-electron chi connectivity index (χ2n) is 6.02. The molecule has 5 heteroatoms. The van der Waals surface area contributed by atoms with Gasteiger partial charge in [-0.3, -0.25) is 14.9 Å². The predicted octanol–water partition coefficient (Wildman–Crippen LogP) is 4.64. The number of non-ortho nitro benzene ring substituents is 1. The van der Waals surface area contributed by atoms with E-state index in [1.54, 1.807) is 18.2 Å².